The van der Waals surface area contributed by atoms with E-state index in [1.165, 1.54) is 0 Å². The average molecular weight is 251 g/mol. The molecule has 1 aliphatic heterocycles. The van der Waals surface area contributed by atoms with Gasteiger partial charge in [-0.25, -0.2) is 4.98 Å². The Labute approximate surface area is 107 Å². The zero-order valence-corrected chi connectivity index (χ0v) is 11.2. The van der Waals surface area contributed by atoms with Crippen molar-refractivity contribution in [3.63, 3.8) is 0 Å². The molecule has 0 atom stereocenters. The number of carbonyl (C=O) groups excluding carboxylic acids is 1. The summed E-state index contributed by atoms with van der Waals surface area (Å²) in [6.45, 7) is 8.61. The number of amides is 1. The van der Waals surface area contributed by atoms with Crippen molar-refractivity contribution in [3.8, 4) is 0 Å². The summed E-state index contributed by atoms with van der Waals surface area (Å²) in [5.41, 5.74) is 0. The number of nitrogens with zero attached hydrogens (tertiary/aromatic N) is 3. The molecule has 2 N–H and O–H groups in total. The Balaban J connectivity index is 2.11. The van der Waals surface area contributed by atoms with E-state index in [4.69, 9.17) is 0 Å². The molecule has 0 spiro atoms. The van der Waals surface area contributed by atoms with Crippen LogP contribution in [0, 0.1) is 0 Å². The van der Waals surface area contributed by atoms with Crippen molar-refractivity contribution in [2.45, 2.75) is 39.2 Å². The zero-order chi connectivity index (χ0) is 13.1. The van der Waals surface area contributed by atoms with Crippen LogP contribution in [0.25, 0.3) is 0 Å². The van der Waals surface area contributed by atoms with Crippen molar-refractivity contribution in [1.82, 2.24) is 25.4 Å². The molecule has 1 saturated heterocycles. The summed E-state index contributed by atoms with van der Waals surface area (Å²) in [6, 6.07) is 0.290. The van der Waals surface area contributed by atoms with Crippen LogP contribution in [0.1, 0.15) is 49.6 Å². The van der Waals surface area contributed by atoms with Crippen molar-refractivity contribution in [2.75, 3.05) is 19.6 Å². The van der Waals surface area contributed by atoms with Crippen LogP contribution < -0.4 is 5.32 Å². The van der Waals surface area contributed by atoms with Gasteiger partial charge in [-0.05, 0) is 6.42 Å². The van der Waals surface area contributed by atoms with Crippen LogP contribution >= 0.6 is 0 Å². The van der Waals surface area contributed by atoms with E-state index in [2.05, 4.69) is 27.4 Å². The summed E-state index contributed by atoms with van der Waals surface area (Å²) in [5.74, 6) is 1.25. The van der Waals surface area contributed by atoms with Gasteiger partial charge >= 0.3 is 0 Å². The number of aromatic nitrogens is 3. The first-order valence-electron chi connectivity index (χ1n) is 6.57. The van der Waals surface area contributed by atoms with Crippen LogP contribution in [0.4, 0.5) is 0 Å². The van der Waals surface area contributed by atoms with Gasteiger partial charge in [0.2, 0.25) is 5.82 Å². The Hall–Kier alpha value is -1.43. The molecule has 1 aromatic heterocycles. The molecule has 0 unspecified atom stereocenters. The Bertz CT molecular complexity index is 410. The van der Waals surface area contributed by atoms with E-state index in [9.17, 15) is 4.79 Å². The number of aromatic amines is 1. The van der Waals surface area contributed by atoms with Crippen molar-refractivity contribution in [2.24, 2.45) is 0 Å². The number of hydrogen-bond acceptors (Lipinski definition) is 4. The maximum absolute atomic E-state index is 12.4. The third kappa shape index (κ3) is 2.53. The molecule has 0 aliphatic carbocycles. The second kappa shape index (κ2) is 5.48. The van der Waals surface area contributed by atoms with Crippen LogP contribution in [-0.2, 0) is 0 Å². The van der Waals surface area contributed by atoms with Crippen molar-refractivity contribution in [3.05, 3.63) is 11.6 Å². The lowest BCUT2D eigenvalue weighted by Gasteiger charge is -2.37. The zero-order valence-electron chi connectivity index (χ0n) is 11.2. The molecular formula is C12H21N5O. The number of H-pyrrole nitrogens is 1. The van der Waals surface area contributed by atoms with Crippen molar-refractivity contribution < 1.29 is 4.79 Å². The van der Waals surface area contributed by atoms with Gasteiger partial charge in [-0.3, -0.25) is 9.89 Å². The first-order valence-corrected chi connectivity index (χ1v) is 6.57. The van der Waals surface area contributed by atoms with E-state index in [0.29, 0.717) is 11.9 Å². The largest absolute Gasteiger partial charge is 0.330 e. The molecule has 6 nitrogen and oxygen atoms in total. The summed E-state index contributed by atoms with van der Waals surface area (Å²) in [4.78, 5) is 18.5. The molecule has 0 saturated carbocycles. The van der Waals surface area contributed by atoms with E-state index >= 15 is 0 Å². The van der Waals surface area contributed by atoms with Gasteiger partial charge in [0, 0.05) is 25.6 Å². The molecule has 1 amide bonds. The Kier molecular flexibility index (Phi) is 3.96. The molecule has 1 aromatic rings. The van der Waals surface area contributed by atoms with Crippen LogP contribution in [0.3, 0.4) is 0 Å². The number of rotatable bonds is 5. The molecule has 100 valence electrons. The quantitative estimate of drug-likeness (QED) is 0.810. The Morgan fingerprint density at radius 1 is 1.50 bits per heavy atom. The highest BCUT2D eigenvalue weighted by Crippen LogP contribution is 2.12. The summed E-state index contributed by atoms with van der Waals surface area (Å²) in [7, 11) is 0. The molecule has 2 heterocycles. The minimum Gasteiger partial charge on any atom is -0.330 e. The molecule has 0 bridgehead atoms. The lowest BCUT2D eigenvalue weighted by atomic mass is 10.1. The van der Waals surface area contributed by atoms with Gasteiger partial charge in [0.25, 0.3) is 5.91 Å². The van der Waals surface area contributed by atoms with E-state index in [1.807, 2.05) is 18.7 Å². The third-order valence-electron chi connectivity index (χ3n) is 3.17. The number of carbonyl (C=O) groups is 1. The predicted molar refractivity (Wildman–Crippen MR) is 68.5 cm³/mol. The van der Waals surface area contributed by atoms with Crippen LogP contribution in [0.2, 0.25) is 0 Å². The highest BCUT2D eigenvalue weighted by molar-refractivity contribution is 5.90. The van der Waals surface area contributed by atoms with Gasteiger partial charge in [0.05, 0.1) is 6.04 Å². The van der Waals surface area contributed by atoms with Crippen LogP contribution in [0.5, 0.6) is 0 Å². The molecule has 2 rings (SSSR count). The first kappa shape index (κ1) is 13.0. The van der Waals surface area contributed by atoms with E-state index < -0.39 is 0 Å². The summed E-state index contributed by atoms with van der Waals surface area (Å²) in [5, 5.41) is 10.1. The van der Waals surface area contributed by atoms with Crippen molar-refractivity contribution in [1.29, 1.82) is 0 Å². The van der Waals surface area contributed by atoms with Gasteiger partial charge in [-0.2, -0.15) is 0 Å². The normalized spacial score (nSPS) is 15.8. The SMILES string of the molecule is CCCN(C(=O)c1n[nH]c(C(C)C)n1)C1CNC1. The number of nitrogens with one attached hydrogen (secondary N) is 2. The van der Waals surface area contributed by atoms with Gasteiger partial charge in [0.15, 0.2) is 0 Å². The highest BCUT2D eigenvalue weighted by atomic mass is 16.2. The fourth-order valence-electron chi connectivity index (χ4n) is 1.94. The predicted octanol–water partition coefficient (Wildman–Crippen LogP) is 0.752. The average Bonchev–Trinajstić information content (AvgIpc) is 2.74. The molecule has 1 aliphatic rings. The highest BCUT2D eigenvalue weighted by Gasteiger charge is 2.30. The first-order chi connectivity index (χ1) is 8.63. The van der Waals surface area contributed by atoms with Gasteiger partial charge in [-0.15, -0.1) is 5.10 Å². The van der Waals surface area contributed by atoms with Gasteiger partial charge in [-0.1, -0.05) is 20.8 Å². The monoisotopic (exact) mass is 251 g/mol. The van der Waals surface area contributed by atoms with E-state index in [0.717, 1.165) is 31.9 Å². The Morgan fingerprint density at radius 2 is 2.22 bits per heavy atom. The molecule has 0 aromatic carbocycles. The summed E-state index contributed by atoms with van der Waals surface area (Å²) in [6.07, 6.45) is 0.948. The van der Waals surface area contributed by atoms with E-state index in [-0.39, 0.29) is 11.8 Å². The van der Waals surface area contributed by atoms with Gasteiger partial charge < -0.3 is 10.2 Å². The third-order valence-corrected chi connectivity index (χ3v) is 3.17. The molecule has 1 fully saturated rings. The number of hydrogen-bond donors (Lipinski definition) is 2. The van der Waals surface area contributed by atoms with Crippen molar-refractivity contribution >= 4 is 5.91 Å². The fraction of sp³-hybridized carbons (Fsp3) is 0.750. The maximum Gasteiger partial charge on any atom is 0.293 e. The Morgan fingerprint density at radius 3 is 2.67 bits per heavy atom. The fourth-order valence-corrected chi connectivity index (χ4v) is 1.94. The van der Waals surface area contributed by atoms with Crippen LogP contribution in [-0.4, -0.2) is 51.7 Å². The minimum atomic E-state index is -0.0634. The molecule has 6 heteroatoms. The minimum absolute atomic E-state index is 0.0634. The van der Waals surface area contributed by atoms with E-state index in [1.54, 1.807) is 0 Å². The molecule has 18 heavy (non-hydrogen) atoms. The lowest BCUT2D eigenvalue weighted by molar-refractivity contribution is 0.0603. The second-order valence-electron chi connectivity index (χ2n) is 5.01. The van der Waals surface area contributed by atoms with Gasteiger partial charge in [0.1, 0.15) is 5.82 Å². The summed E-state index contributed by atoms with van der Waals surface area (Å²) < 4.78 is 0. The second-order valence-corrected chi connectivity index (χ2v) is 5.01. The molecule has 0 radical (unpaired) electrons. The molecular weight excluding hydrogens is 230 g/mol. The smallest absolute Gasteiger partial charge is 0.293 e. The lowest BCUT2D eigenvalue weighted by Crippen LogP contribution is -2.59. The maximum atomic E-state index is 12.4. The van der Waals surface area contributed by atoms with Crippen LogP contribution in [0.15, 0.2) is 0 Å². The standard InChI is InChI=1S/C12H21N5O/c1-4-5-17(9-6-13-7-9)12(18)11-14-10(8(2)3)15-16-11/h8-9,13H,4-7H2,1-3H3,(H,14,15,16). The summed E-state index contributed by atoms with van der Waals surface area (Å²) >= 11 is 0. The topological polar surface area (TPSA) is 73.9 Å².